The second-order valence-corrected chi connectivity index (χ2v) is 6.51. The zero-order valence-electron chi connectivity index (χ0n) is 12.1. The standard InChI is InChI=1S/C15H10BrN5O2S/c16-10-5-2-1-4-9(10)13-19-18-12(22-13)8-24-15-21-20-14(23-15)11-6-3-7-17-11/h1-7,17H,8H2. The SMILES string of the molecule is Brc1ccccc1-c1nnc(CSc2nnc(-c3ccc[nH]3)o2)o1. The Bertz CT molecular complexity index is 950. The molecule has 24 heavy (non-hydrogen) atoms. The van der Waals surface area contributed by atoms with E-state index < -0.39 is 0 Å². The summed E-state index contributed by atoms with van der Waals surface area (Å²) in [5.41, 5.74) is 1.64. The van der Waals surface area contributed by atoms with Gasteiger partial charge in [-0.05, 0) is 40.2 Å². The maximum Gasteiger partial charge on any atom is 0.277 e. The molecule has 0 aliphatic heterocycles. The summed E-state index contributed by atoms with van der Waals surface area (Å²) in [4.78, 5) is 3.02. The van der Waals surface area contributed by atoms with Crippen LogP contribution in [0.15, 0.2) is 61.1 Å². The number of hydrogen-bond donors (Lipinski definition) is 1. The fourth-order valence-corrected chi connectivity index (χ4v) is 3.07. The Labute approximate surface area is 149 Å². The van der Waals surface area contributed by atoms with Gasteiger partial charge in [-0.15, -0.1) is 20.4 Å². The minimum Gasteiger partial charge on any atom is -0.420 e. The van der Waals surface area contributed by atoms with Crippen molar-refractivity contribution < 1.29 is 8.83 Å². The van der Waals surface area contributed by atoms with E-state index in [-0.39, 0.29) is 0 Å². The molecule has 0 saturated heterocycles. The minimum atomic E-state index is 0.445. The Morgan fingerprint density at radius 2 is 1.83 bits per heavy atom. The Morgan fingerprint density at radius 1 is 0.958 bits per heavy atom. The molecule has 0 amide bonds. The predicted octanol–water partition coefficient (Wildman–Crippen LogP) is 4.17. The van der Waals surface area contributed by atoms with E-state index in [1.807, 2.05) is 36.4 Å². The van der Waals surface area contributed by atoms with Crippen molar-refractivity contribution >= 4 is 27.7 Å². The van der Waals surface area contributed by atoms with Gasteiger partial charge in [-0.25, -0.2) is 0 Å². The van der Waals surface area contributed by atoms with Gasteiger partial charge in [0.1, 0.15) is 5.69 Å². The topological polar surface area (TPSA) is 93.6 Å². The van der Waals surface area contributed by atoms with Crippen molar-refractivity contribution in [3.63, 3.8) is 0 Å². The van der Waals surface area contributed by atoms with E-state index in [9.17, 15) is 0 Å². The Morgan fingerprint density at radius 3 is 2.67 bits per heavy atom. The van der Waals surface area contributed by atoms with E-state index in [1.54, 1.807) is 6.20 Å². The molecule has 1 aromatic carbocycles. The molecule has 7 nitrogen and oxygen atoms in total. The summed E-state index contributed by atoms with van der Waals surface area (Å²) in [6, 6.07) is 11.4. The molecule has 3 heterocycles. The van der Waals surface area contributed by atoms with Gasteiger partial charge >= 0.3 is 0 Å². The van der Waals surface area contributed by atoms with Gasteiger partial charge in [0, 0.05) is 10.7 Å². The first-order valence-electron chi connectivity index (χ1n) is 6.97. The molecule has 0 aliphatic carbocycles. The fourth-order valence-electron chi connectivity index (χ4n) is 2.02. The molecule has 0 aliphatic rings. The number of rotatable bonds is 5. The summed E-state index contributed by atoms with van der Waals surface area (Å²) >= 11 is 4.81. The largest absolute Gasteiger partial charge is 0.420 e. The average Bonchev–Trinajstić information content (AvgIpc) is 3.34. The lowest BCUT2D eigenvalue weighted by Crippen LogP contribution is -1.80. The minimum absolute atomic E-state index is 0.445. The van der Waals surface area contributed by atoms with Gasteiger partial charge in [0.15, 0.2) is 0 Å². The number of aromatic amines is 1. The molecule has 4 aromatic rings. The van der Waals surface area contributed by atoms with Crippen LogP contribution in [0.25, 0.3) is 23.0 Å². The highest BCUT2D eigenvalue weighted by molar-refractivity contribution is 9.10. The molecule has 0 atom stereocenters. The van der Waals surface area contributed by atoms with Gasteiger partial charge in [0.25, 0.3) is 11.1 Å². The predicted molar refractivity (Wildman–Crippen MR) is 91.1 cm³/mol. The normalized spacial score (nSPS) is 11.0. The lowest BCUT2D eigenvalue weighted by molar-refractivity contribution is 0.463. The van der Waals surface area contributed by atoms with Crippen molar-refractivity contribution in [1.29, 1.82) is 0 Å². The number of thioether (sulfide) groups is 1. The maximum absolute atomic E-state index is 5.68. The third kappa shape index (κ3) is 3.13. The lowest BCUT2D eigenvalue weighted by atomic mass is 10.2. The molecule has 3 aromatic heterocycles. The molecule has 0 bridgehead atoms. The van der Waals surface area contributed by atoms with E-state index in [0.717, 1.165) is 15.7 Å². The molecular weight excluding hydrogens is 394 g/mol. The first-order chi connectivity index (χ1) is 11.8. The molecule has 0 fully saturated rings. The molecule has 0 saturated carbocycles. The smallest absolute Gasteiger partial charge is 0.277 e. The Hall–Kier alpha value is -2.39. The van der Waals surface area contributed by atoms with Gasteiger partial charge in [-0.3, -0.25) is 0 Å². The van der Waals surface area contributed by atoms with E-state index in [1.165, 1.54) is 11.8 Å². The number of nitrogens with one attached hydrogen (secondary N) is 1. The van der Waals surface area contributed by atoms with E-state index in [4.69, 9.17) is 8.83 Å². The second-order valence-electron chi connectivity index (χ2n) is 4.73. The summed E-state index contributed by atoms with van der Waals surface area (Å²) < 4.78 is 12.2. The van der Waals surface area contributed by atoms with Gasteiger partial charge < -0.3 is 13.8 Å². The average molecular weight is 404 g/mol. The number of H-pyrrole nitrogens is 1. The van der Waals surface area contributed by atoms with Crippen molar-refractivity contribution in [2.75, 3.05) is 0 Å². The van der Waals surface area contributed by atoms with Crippen LogP contribution in [0.3, 0.4) is 0 Å². The van der Waals surface area contributed by atoms with Crippen LogP contribution in [0.2, 0.25) is 0 Å². The molecule has 0 radical (unpaired) electrons. The number of halogens is 1. The summed E-state index contributed by atoms with van der Waals surface area (Å²) in [5.74, 6) is 1.85. The first-order valence-corrected chi connectivity index (χ1v) is 8.75. The van der Waals surface area contributed by atoms with Crippen LogP contribution in [0, 0.1) is 0 Å². The third-order valence-corrected chi connectivity index (χ3v) is 4.62. The van der Waals surface area contributed by atoms with Crippen molar-refractivity contribution in [2.45, 2.75) is 11.0 Å². The maximum atomic E-state index is 5.68. The van der Waals surface area contributed by atoms with Crippen LogP contribution in [0.1, 0.15) is 5.89 Å². The third-order valence-electron chi connectivity index (χ3n) is 3.13. The number of nitrogens with zero attached hydrogens (tertiary/aromatic N) is 4. The van der Waals surface area contributed by atoms with Crippen molar-refractivity contribution in [2.24, 2.45) is 0 Å². The molecule has 120 valence electrons. The Balaban J connectivity index is 1.45. The Kier molecular flexibility index (Phi) is 4.18. The van der Waals surface area contributed by atoms with Crippen molar-refractivity contribution in [3.05, 3.63) is 53.0 Å². The van der Waals surface area contributed by atoms with Crippen molar-refractivity contribution in [1.82, 2.24) is 25.4 Å². The second kappa shape index (κ2) is 6.62. The highest BCUT2D eigenvalue weighted by Gasteiger charge is 2.14. The molecule has 4 rings (SSSR count). The summed E-state index contributed by atoms with van der Waals surface area (Å²) in [6.07, 6.45) is 1.80. The lowest BCUT2D eigenvalue weighted by Gasteiger charge is -1.97. The number of hydrogen-bond acceptors (Lipinski definition) is 7. The molecular formula is C15H10BrN5O2S. The van der Waals surface area contributed by atoms with E-state index in [0.29, 0.717) is 28.6 Å². The summed E-state index contributed by atoms with van der Waals surface area (Å²) in [5, 5.41) is 16.6. The zero-order valence-corrected chi connectivity index (χ0v) is 14.5. The van der Waals surface area contributed by atoms with Crippen LogP contribution in [-0.2, 0) is 5.75 Å². The number of benzene rings is 1. The molecule has 0 unspecified atom stereocenters. The van der Waals surface area contributed by atoms with Gasteiger partial charge in [0.2, 0.25) is 11.8 Å². The number of aromatic nitrogens is 5. The molecule has 9 heteroatoms. The van der Waals surface area contributed by atoms with E-state index >= 15 is 0 Å². The molecule has 1 N–H and O–H groups in total. The first kappa shape index (κ1) is 15.2. The van der Waals surface area contributed by atoms with E-state index in [2.05, 4.69) is 41.3 Å². The zero-order chi connectivity index (χ0) is 16.4. The fraction of sp³-hybridized carbons (Fsp3) is 0.0667. The van der Waals surface area contributed by atoms with Crippen LogP contribution >= 0.6 is 27.7 Å². The van der Waals surface area contributed by atoms with Gasteiger partial charge in [-0.2, -0.15) is 0 Å². The van der Waals surface area contributed by atoms with Crippen molar-refractivity contribution in [3.8, 4) is 23.0 Å². The van der Waals surface area contributed by atoms with Gasteiger partial charge in [0.05, 0.1) is 11.3 Å². The van der Waals surface area contributed by atoms with Crippen LogP contribution in [0.5, 0.6) is 0 Å². The van der Waals surface area contributed by atoms with Gasteiger partial charge in [-0.1, -0.05) is 23.9 Å². The summed E-state index contributed by atoms with van der Waals surface area (Å²) in [7, 11) is 0. The molecule has 0 spiro atoms. The van der Waals surface area contributed by atoms with Crippen LogP contribution in [0.4, 0.5) is 0 Å². The highest BCUT2D eigenvalue weighted by atomic mass is 79.9. The van der Waals surface area contributed by atoms with Crippen LogP contribution in [-0.4, -0.2) is 25.4 Å². The quantitative estimate of drug-likeness (QED) is 0.499. The highest BCUT2D eigenvalue weighted by Crippen LogP contribution is 2.29. The monoisotopic (exact) mass is 403 g/mol. The van der Waals surface area contributed by atoms with Crippen LogP contribution < -0.4 is 0 Å². The summed E-state index contributed by atoms with van der Waals surface area (Å²) in [6.45, 7) is 0.